The number of benzene rings is 4. The van der Waals surface area contributed by atoms with Crippen LogP contribution in [-0.2, 0) is 0 Å². The van der Waals surface area contributed by atoms with E-state index in [1.165, 1.54) is 0 Å². The number of carbonyl (C=O) groups is 1. The van der Waals surface area contributed by atoms with Crippen molar-refractivity contribution in [2.75, 3.05) is 22.1 Å². The summed E-state index contributed by atoms with van der Waals surface area (Å²) >= 11 is 0. The molecule has 5 heteroatoms. The maximum absolute atomic E-state index is 13.3. The molecule has 0 unspecified atom stereocenters. The molecule has 30 heavy (non-hydrogen) atoms. The van der Waals surface area contributed by atoms with Gasteiger partial charge in [0.1, 0.15) is 0 Å². The van der Waals surface area contributed by atoms with Crippen LogP contribution in [0.4, 0.5) is 34.1 Å². The van der Waals surface area contributed by atoms with Crippen molar-refractivity contribution in [3.8, 4) is 11.1 Å². The number of para-hydroxylation sites is 1. The first-order valence-corrected chi connectivity index (χ1v) is 9.66. The summed E-state index contributed by atoms with van der Waals surface area (Å²) in [4.78, 5) is 13.3. The van der Waals surface area contributed by atoms with E-state index in [1.807, 2.05) is 84.9 Å². The van der Waals surface area contributed by atoms with Gasteiger partial charge >= 0.3 is 0 Å². The first-order chi connectivity index (χ1) is 14.6. The van der Waals surface area contributed by atoms with Crippen molar-refractivity contribution < 1.29 is 4.79 Å². The monoisotopic (exact) mass is 392 g/mol. The average Bonchev–Trinajstić information content (AvgIpc) is 2.77. The van der Waals surface area contributed by atoms with E-state index < -0.39 is 0 Å². The van der Waals surface area contributed by atoms with Crippen LogP contribution in [0.25, 0.3) is 11.1 Å². The molecular formula is C25H20N4O. The molecule has 0 radical (unpaired) electrons. The van der Waals surface area contributed by atoms with Crippen LogP contribution in [0.2, 0.25) is 0 Å². The van der Waals surface area contributed by atoms with Crippen LogP contribution in [0, 0.1) is 0 Å². The first-order valence-electron chi connectivity index (χ1n) is 9.66. The second-order valence-electron chi connectivity index (χ2n) is 7.28. The molecule has 1 aliphatic rings. The van der Waals surface area contributed by atoms with E-state index in [0.717, 1.165) is 28.2 Å². The van der Waals surface area contributed by atoms with E-state index in [-0.39, 0.29) is 5.78 Å². The smallest absolute Gasteiger partial charge is 0.195 e. The second kappa shape index (κ2) is 6.97. The largest absolute Gasteiger partial charge is 0.397 e. The van der Waals surface area contributed by atoms with Gasteiger partial charge in [-0.3, -0.25) is 4.79 Å². The van der Waals surface area contributed by atoms with Gasteiger partial charge < -0.3 is 22.1 Å². The lowest BCUT2D eigenvalue weighted by Crippen LogP contribution is -2.10. The molecule has 4 aromatic carbocycles. The van der Waals surface area contributed by atoms with Crippen molar-refractivity contribution >= 4 is 39.9 Å². The van der Waals surface area contributed by atoms with Gasteiger partial charge in [0.2, 0.25) is 0 Å². The van der Waals surface area contributed by atoms with Gasteiger partial charge in [-0.15, -0.1) is 0 Å². The zero-order chi connectivity index (χ0) is 20.7. The third-order valence-corrected chi connectivity index (χ3v) is 5.31. The maximum atomic E-state index is 13.3. The molecule has 0 aromatic heterocycles. The molecule has 0 aliphatic carbocycles. The van der Waals surface area contributed by atoms with Crippen molar-refractivity contribution in [1.29, 1.82) is 0 Å². The zero-order valence-corrected chi connectivity index (χ0v) is 16.1. The summed E-state index contributed by atoms with van der Waals surface area (Å²) in [6.45, 7) is 0. The molecule has 0 spiro atoms. The predicted octanol–water partition coefficient (Wildman–Crippen LogP) is 5.55. The SMILES string of the molecule is Nc1ccc2cc1Nc1cccc(C(=O)c3ccccc3)c1Nc1cc-2ccc1N. The number of rotatable bonds is 2. The van der Waals surface area contributed by atoms with Crippen molar-refractivity contribution in [3.05, 3.63) is 96.1 Å². The number of nitrogens with two attached hydrogens (primary N) is 2. The summed E-state index contributed by atoms with van der Waals surface area (Å²) in [7, 11) is 0. The van der Waals surface area contributed by atoms with Crippen molar-refractivity contribution in [2.24, 2.45) is 0 Å². The number of ketones is 1. The Morgan fingerprint density at radius 1 is 0.633 bits per heavy atom. The van der Waals surface area contributed by atoms with E-state index in [1.54, 1.807) is 0 Å². The molecule has 1 aliphatic heterocycles. The number of hydrogen-bond donors (Lipinski definition) is 4. The quantitative estimate of drug-likeness (QED) is 0.233. The molecule has 4 bridgehead atoms. The zero-order valence-electron chi connectivity index (χ0n) is 16.1. The number of nitrogen functional groups attached to an aromatic ring is 2. The van der Waals surface area contributed by atoms with Crippen LogP contribution < -0.4 is 22.1 Å². The van der Waals surface area contributed by atoms with E-state index >= 15 is 0 Å². The molecule has 0 saturated heterocycles. The van der Waals surface area contributed by atoms with Gasteiger partial charge in [-0.2, -0.15) is 0 Å². The minimum absolute atomic E-state index is 0.0738. The Morgan fingerprint density at radius 2 is 1.27 bits per heavy atom. The Hall–Kier alpha value is -4.25. The lowest BCUT2D eigenvalue weighted by Gasteiger charge is -2.22. The minimum atomic E-state index is -0.0738. The lowest BCUT2D eigenvalue weighted by atomic mass is 9.98. The average molecular weight is 392 g/mol. The maximum Gasteiger partial charge on any atom is 0.195 e. The van der Waals surface area contributed by atoms with E-state index in [0.29, 0.717) is 28.2 Å². The Bertz CT molecular complexity index is 1280. The van der Waals surface area contributed by atoms with Crippen LogP contribution in [0.1, 0.15) is 15.9 Å². The molecule has 5 nitrogen and oxygen atoms in total. The molecule has 1 heterocycles. The van der Waals surface area contributed by atoms with Crippen LogP contribution >= 0.6 is 0 Å². The molecule has 0 fully saturated rings. The standard InChI is InChI=1S/C25H20N4O/c26-19-11-9-16-13-22(19)28-21-8-4-7-18(25(30)15-5-2-1-3-6-15)24(21)29-23-14-17(16)10-12-20(23)27/h1-14,28-29H,26-27H2. The predicted molar refractivity (Wildman–Crippen MR) is 124 cm³/mol. The lowest BCUT2D eigenvalue weighted by molar-refractivity contribution is 0.103. The van der Waals surface area contributed by atoms with Crippen LogP contribution in [0.5, 0.6) is 0 Å². The minimum Gasteiger partial charge on any atom is -0.397 e. The number of carbonyl (C=O) groups excluding carboxylic acids is 1. The van der Waals surface area contributed by atoms with Crippen molar-refractivity contribution in [2.45, 2.75) is 0 Å². The summed E-state index contributed by atoms with van der Waals surface area (Å²) < 4.78 is 0. The molecule has 146 valence electrons. The number of fused-ring (bicyclic) bond motifs is 6. The number of anilines is 6. The second-order valence-corrected chi connectivity index (χ2v) is 7.28. The number of nitrogens with one attached hydrogen (secondary N) is 2. The third-order valence-electron chi connectivity index (χ3n) is 5.31. The van der Waals surface area contributed by atoms with Gasteiger partial charge in [0.25, 0.3) is 0 Å². The third kappa shape index (κ3) is 3.02. The summed E-state index contributed by atoms with van der Waals surface area (Å²) in [6.07, 6.45) is 0. The van der Waals surface area contributed by atoms with Crippen LogP contribution in [-0.4, -0.2) is 5.78 Å². The fourth-order valence-corrected chi connectivity index (χ4v) is 3.69. The summed E-state index contributed by atoms with van der Waals surface area (Å²) in [5, 5.41) is 6.80. The fraction of sp³-hybridized carbons (Fsp3) is 0. The highest BCUT2D eigenvalue weighted by atomic mass is 16.1. The fourth-order valence-electron chi connectivity index (χ4n) is 3.69. The highest BCUT2D eigenvalue weighted by Gasteiger charge is 2.19. The Labute approximate surface area is 174 Å². The molecule has 4 aromatic rings. The van der Waals surface area contributed by atoms with Gasteiger partial charge in [0.05, 0.1) is 34.1 Å². The van der Waals surface area contributed by atoms with Crippen LogP contribution in [0.3, 0.4) is 0 Å². The molecule has 5 rings (SSSR count). The van der Waals surface area contributed by atoms with Crippen molar-refractivity contribution in [1.82, 2.24) is 0 Å². The molecule has 6 N–H and O–H groups in total. The highest BCUT2D eigenvalue weighted by molar-refractivity contribution is 6.14. The molecule has 0 amide bonds. The van der Waals surface area contributed by atoms with E-state index in [9.17, 15) is 4.79 Å². The van der Waals surface area contributed by atoms with E-state index in [2.05, 4.69) is 10.6 Å². The van der Waals surface area contributed by atoms with Gasteiger partial charge in [-0.25, -0.2) is 0 Å². The van der Waals surface area contributed by atoms with Gasteiger partial charge in [-0.05, 0) is 47.5 Å². The highest BCUT2D eigenvalue weighted by Crippen LogP contribution is 2.40. The first kappa shape index (κ1) is 17.8. The Kier molecular flexibility index (Phi) is 4.14. The van der Waals surface area contributed by atoms with Crippen molar-refractivity contribution in [3.63, 3.8) is 0 Å². The summed E-state index contributed by atoms with van der Waals surface area (Å²) in [6, 6.07) is 26.5. The summed E-state index contributed by atoms with van der Waals surface area (Å²) in [5.41, 5.74) is 19.8. The van der Waals surface area contributed by atoms with Gasteiger partial charge in [-0.1, -0.05) is 48.5 Å². The van der Waals surface area contributed by atoms with Gasteiger partial charge in [0, 0.05) is 11.1 Å². The van der Waals surface area contributed by atoms with E-state index in [4.69, 9.17) is 11.5 Å². The summed E-state index contributed by atoms with van der Waals surface area (Å²) in [5.74, 6) is -0.0738. The normalized spacial score (nSPS) is 11.6. The molecule has 0 saturated carbocycles. The molecular weight excluding hydrogens is 372 g/mol. The Morgan fingerprint density at radius 3 is 1.93 bits per heavy atom. The van der Waals surface area contributed by atoms with Gasteiger partial charge in [0.15, 0.2) is 5.78 Å². The Balaban J connectivity index is 1.74. The topological polar surface area (TPSA) is 93.2 Å². The van der Waals surface area contributed by atoms with Crippen LogP contribution in [0.15, 0.2) is 84.9 Å². The number of hydrogen-bond acceptors (Lipinski definition) is 5. The molecule has 0 atom stereocenters.